The van der Waals surface area contributed by atoms with Gasteiger partial charge in [0, 0.05) is 17.8 Å². The Bertz CT molecular complexity index is 402. The maximum Gasteiger partial charge on any atom is 0.405 e. The number of rotatable bonds is 5. The molecule has 5 heteroatoms. The Morgan fingerprint density at radius 1 is 1.21 bits per heavy atom. The first-order valence-electron chi connectivity index (χ1n) is 6.44. The van der Waals surface area contributed by atoms with Gasteiger partial charge in [0.05, 0.1) is 0 Å². The van der Waals surface area contributed by atoms with E-state index in [2.05, 4.69) is 0 Å². The van der Waals surface area contributed by atoms with Crippen molar-refractivity contribution in [1.82, 2.24) is 0 Å². The van der Waals surface area contributed by atoms with Gasteiger partial charge in [0.25, 0.3) is 0 Å². The molecule has 0 aliphatic carbocycles. The number of halogens is 3. The minimum absolute atomic E-state index is 0.244. The van der Waals surface area contributed by atoms with Crippen LogP contribution in [0.25, 0.3) is 0 Å². The molecule has 0 bridgehead atoms. The number of alkyl halides is 3. The van der Waals surface area contributed by atoms with Gasteiger partial charge in [0.15, 0.2) is 0 Å². The zero-order chi connectivity index (χ0) is 14.6. The summed E-state index contributed by atoms with van der Waals surface area (Å²) in [5, 5.41) is 0. The van der Waals surface area contributed by atoms with Gasteiger partial charge in [-0.15, -0.1) is 0 Å². The Hall–Kier alpha value is -1.23. The second-order valence-corrected chi connectivity index (χ2v) is 4.91. The number of para-hydroxylation sites is 1. The van der Waals surface area contributed by atoms with Gasteiger partial charge in [0.1, 0.15) is 6.54 Å². The van der Waals surface area contributed by atoms with E-state index in [1.807, 2.05) is 6.92 Å². The lowest BCUT2D eigenvalue weighted by atomic mass is 10.0. The third-order valence-electron chi connectivity index (χ3n) is 3.06. The quantitative estimate of drug-likeness (QED) is 0.883. The molecule has 0 aliphatic heterocycles. The zero-order valence-electron chi connectivity index (χ0n) is 11.5. The molecule has 0 saturated carbocycles. The van der Waals surface area contributed by atoms with Crippen molar-refractivity contribution in [1.29, 1.82) is 0 Å². The van der Waals surface area contributed by atoms with Crippen molar-refractivity contribution in [3.63, 3.8) is 0 Å². The van der Waals surface area contributed by atoms with Crippen LogP contribution in [0.2, 0.25) is 0 Å². The van der Waals surface area contributed by atoms with E-state index in [9.17, 15) is 13.2 Å². The maximum absolute atomic E-state index is 12.7. The highest BCUT2D eigenvalue weighted by atomic mass is 19.4. The maximum atomic E-state index is 12.7. The Balaban J connectivity index is 3.16. The lowest BCUT2D eigenvalue weighted by Crippen LogP contribution is -2.40. The first kappa shape index (κ1) is 15.8. The fraction of sp³-hybridized carbons (Fsp3) is 0.571. The third kappa shape index (κ3) is 4.42. The van der Waals surface area contributed by atoms with Gasteiger partial charge in [0.2, 0.25) is 0 Å². The van der Waals surface area contributed by atoms with Gasteiger partial charge in [-0.2, -0.15) is 13.2 Å². The summed E-state index contributed by atoms with van der Waals surface area (Å²) in [6, 6.07) is 6.57. The summed E-state index contributed by atoms with van der Waals surface area (Å²) in [6.07, 6.45) is -3.54. The average molecular weight is 274 g/mol. The molecule has 1 aromatic rings. The number of benzene rings is 1. The molecule has 1 atom stereocenters. The van der Waals surface area contributed by atoms with Crippen LogP contribution in [0.15, 0.2) is 24.3 Å². The number of anilines is 1. The highest BCUT2D eigenvalue weighted by Crippen LogP contribution is 2.30. The molecule has 108 valence electrons. The molecule has 2 nitrogen and oxygen atoms in total. The van der Waals surface area contributed by atoms with Gasteiger partial charge >= 0.3 is 6.18 Å². The van der Waals surface area contributed by atoms with Crippen LogP contribution in [0.4, 0.5) is 18.9 Å². The fourth-order valence-electron chi connectivity index (χ4n) is 2.02. The van der Waals surface area contributed by atoms with E-state index in [1.165, 1.54) is 4.90 Å². The second-order valence-electron chi connectivity index (χ2n) is 4.91. The smallest absolute Gasteiger partial charge is 0.360 e. The molecule has 0 amide bonds. The number of hydrogen-bond acceptors (Lipinski definition) is 2. The Morgan fingerprint density at radius 3 is 2.26 bits per heavy atom. The summed E-state index contributed by atoms with van der Waals surface area (Å²) in [4.78, 5) is 1.35. The molecule has 0 aromatic heterocycles. The number of nitrogens with two attached hydrogens (primary N) is 1. The zero-order valence-corrected chi connectivity index (χ0v) is 11.5. The van der Waals surface area contributed by atoms with Crippen LogP contribution in [0.1, 0.15) is 38.8 Å². The van der Waals surface area contributed by atoms with Crippen molar-refractivity contribution < 1.29 is 13.2 Å². The summed E-state index contributed by atoms with van der Waals surface area (Å²) < 4.78 is 38.1. The number of hydrogen-bond donors (Lipinski definition) is 1. The lowest BCUT2D eigenvalue weighted by Gasteiger charge is -2.32. The summed E-state index contributed by atoms with van der Waals surface area (Å²) in [7, 11) is 0. The Kier molecular flexibility index (Phi) is 5.23. The van der Waals surface area contributed by atoms with Crippen LogP contribution in [0, 0.1) is 0 Å². The molecule has 1 aromatic carbocycles. The van der Waals surface area contributed by atoms with E-state index in [-0.39, 0.29) is 12.1 Å². The molecule has 0 unspecified atom stereocenters. The van der Waals surface area contributed by atoms with Crippen LogP contribution >= 0.6 is 0 Å². The van der Waals surface area contributed by atoms with Crippen molar-refractivity contribution in [2.75, 3.05) is 11.4 Å². The van der Waals surface area contributed by atoms with E-state index in [1.54, 1.807) is 38.1 Å². The van der Waals surface area contributed by atoms with Gasteiger partial charge in [-0.05, 0) is 31.9 Å². The van der Waals surface area contributed by atoms with E-state index < -0.39 is 12.7 Å². The first-order chi connectivity index (χ1) is 8.76. The van der Waals surface area contributed by atoms with Crippen molar-refractivity contribution >= 4 is 5.69 Å². The van der Waals surface area contributed by atoms with Crippen LogP contribution in [0.5, 0.6) is 0 Å². The fourth-order valence-corrected chi connectivity index (χ4v) is 2.02. The summed E-state index contributed by atoms with van der Waals surface area (Å²) >= 11 is 0. The highest BCUT2D eigenvalue weighted by Gasteiger charge is 2.33. The van der Waals surface area contributed by atoms with Gasteiger partial charge in [-0.3, -0.25) is 0 Å². The van der Waals surface area contributed by atoms with Crippen molar-refractivity contribution in [3.05, 3.63) is 29.8 Å². The predicted molar refractivity (Wildman–Crippen MR) is 72.2 cm³/mol. The summed E-state index contributed by atoms with van der Waals surface area (Å²) in [6.45, 7) is 4.46. The largest absolute Gasteiger partial charge is 0.405 e. The SMILES string of the molecule is CC[C@@H](N)c1ccccc1N(CC(F)(F)F)C(C)C. The molecule has 19 heavy (non-hydrogen) atoms. The predicted octanol–water partition coefficient (Wildman–Crippen LogP) is 3.87. The molecule has 2 N–H and O–H groups in total. The van der Waals surface area contributed by atoms with Crippen LogP contribution < -0.4 is 10.6 Å². The normalized spacial score (nSPS) is 13.7. The minimum atomic E-state index is -4.23. The van der Waals surface area contributed by atoms with Crippen LogP contribution in [-0.4, -0.2) is 18.8 Å². The average Bonchev–Trinajstić information content (AvgIpc) is 2.33. The van der Waals surface area contributed by atoms with Crippen molar-refractivity contribution in [2.24, 2.45) is 5.73 Å². The molecular formula is C14H21F3N2. The van der Waals surface area contributed by atoms with Crippen LogP contribution in [-0.2, 0) is 0 Å². The van der Waals surface area contributed by atoms with E-state index in [0.29, 0.717) is 12.1 Å². The molecule has 0 radical (unpaired) electrons. The Labute approximate surface area is 112 Å². The molecule has 0 aliphatic rings. The monoisotopic (exact) mass is 274 g/mol. The van der Waals surface area contributed by atoms with Gasteiger partial charge in [-0.1, -0.05) is 25.1 Å². The van der Waals surface area contributed by atoms with Crippen LogP contribution in [0.3, 0.4) is 0 Å². The number of nitrogens with zero attached hydrogens (tertiary/aromatic N) is 1. The standard InChI is InChI=1S/C14H21F3N2/c1-4-12(18)11-7-5-6-8-13(11)19(10(2)3)9-14(15,16)17/h5-8,10,12H,4,9,18H2,1-3H3/t12-/m1/s1. The molecule has 1 rings (SSSR count). The lowest BCUT2D eigenvalue weighted by molar-refractivity contribution is -0.120. The summed E-state index contributed by atoms with van der Waals surface area (Å²) in [5.74, 6) is 0. The molecule has 0 fully saturated rings. The van der Waals surface area contributed by atoms with Gasteiger partial charge < -0.3 is 10.6 Å². The van der Waals surface area contributed by atoms with Gasteiger partial charge in [-0.25, -0.2) is 0 Å². The second kappa shape index (κ2) is 6.28. The van der Waals surface area contributed by atoms with Crippen molar-refractivity contribution in [3.8, 4) is 0 Å². The topological polar surface area (TPSA) is 29.3 Å². The molecule has 0 spiro atoms. The molecule has 0 saturated heterocycles. The Morgan fingerprint density at radius 2 is 1.79 bits per heavy atom. The summed E-state index contributed by atoms with van der Waals surface area (Å²) in [5.41, 5.74) is 7.33. The third-order valence-corrected chi connectivity index (χ3v) is 3.06. The first-order valence-corrected chi connectivity index (χ1v) is 6.44. The van der Waals surface area contributed by atoms with E-state index >= 15 is 0 Å². The highest BCUT2D eigenvalue weighted by molar-refractivity contribution is 5.55. The van der Waals surface area contributed by atoms with E-state index in [4.69, 9.17) is 5.73 Å². The molecular weight excluding hydrogens is 253 g/mol. The molecule has 0 heterocycles. The van der Waals surface area contributed by atoms with Crippen molar-refractivity contribution in [2.45, 2.75) is 45.5 Å². The minimum Gasteiger partial charge on any atom is -0.360 e. The van der Waals surface area contributed by atoms with E-state index in [0.717, 1.165) is 5.56 Å².